The molecule has 1 N–H and O–H groups in total. The molecule has 5 rings (SSSR count). The number of nitrogens with one attached hydrogen (secondary N) is 1. The van der Waals surface area contributed by atoms with Gasteiger partial charge in [-0.25, -0.2) is 9.50 Å². The van der Waals surface area contributed by atoms with Crippen molar-refractivity contribution in [2.45, 2.75) is 33.2 Å². The number of hydrogen-bond donors (Lipinski definition) is 1. The molecule has 1 saturated heterocycles. The molecule has 0 saturated carbocycles. The fourth-order valence-corrected chi connectivity index (χ4v) is 4.70. The maximum absolute atomic E-state index is 12.9. The Morgan fingerprint density at radius 2 is 1.97 bits per heavy atom. The van der Waals surface area contributed by atoms with Crippen LogP contribution in [0, 0.1) is 19.8 Å². The Bertz CT molecular complexity index is 1280. The van der Waals surface area contributed by atoms with Crippen molar-refractivity contribution in [1.82, 2.24) is 19.9 Å². The molecule has 0 unspecified atom stereocenters. The summed E-state index contributed by atoms with van der Waals surface area (Å²) in [6.07, 6.45) is 5.54. The first-order valence-corrected chi connectivity index (χ1v) is 11.6. The molecule has 0 radical (unpaired) electrons. The molecule has 0 bridgehead atoms. The summed E-state index contributed by atoms with van der Waals surface area (Å²) >= 11 is 0. The van der Waals surface area contributed by atoms with Gasteiger partial charge in [0.25, 0.3) is 0 Å². The maximum Gasteiger partial charge on any atom is 0.225 e. The predicted octanol–water partition coefficient (Wildman–Crippen LogP) is 4.55. The zero-order valence-corrected chi connectivity index (χ0v) is 19.2. The first-order chi connectivity index (χ1) is 16.1. The summed E-state index contributed by atoms with van der Waals surface area (Å²) in [4.78, 5) is 19.8. The van der Waals surface area contributed by atoms with E-state index in [2.05, 4.69) is 48.3 Å². The standard InChI is InChI=1S/C27H29N5O/c1-19-10-11-23(20(2)15-19)24-16-25-26(28-12-14-32(25)30-24)31-13-6-9-22(18-31)27(33)29-17-21-7-4-3-5-8-21/h3-5,7-8,10-12,14-16,22H,6,9,13,17-18H2,1-2H3,(H,29,33)/t22-/m0/s1. The third-order valence-corrected chi connectivity index (χ3v) is 6.43. The smallest absolute Gasteiger partial charge is 0.225 e. The average molecular weight is 440 g/mol. The van der Waals surface area contributed by atoms with E-state index in [1.165, 1.54) is 11.1 Å². The van der Waals surface area contributed by atoms with Gasteiger partial charge in [-0.3, -0.25) is 4.79 Å². The summed E-state index contributed by atoms with van der Waals surface area (Å²) in [6, 6.07) is 18.6. The lowest BCUT2D eigenvalue weighted by Gasteiger charge is -2.33. The Balaban J connectivity index is 1.36. The van der Waals surface area contributed by atoms with Gasteiger partial charge in [0.2, 0.25) is 5.91 Å². The van der Waals surface area contributed by atoms with Crippen molar-refractivity contribution in [2.24, 2.45) is 5.92 Å². The molecule has 3 heterocycles. The van der Waals surface area contributed by atoms with E-state index in [9.17, 15) is 4.79 Å². The molecular formula is C27H29N5O. The van der Waals surface area contributed by atoms with Gasteiger partial charge in [0.15, 0.2) is 5.82 Å². The van der Waals surface area contributed by atoms with Crippen LogP contribution in [0.15, 0.2) is 67.0 Å². The Hall–Kier alpha value is -3.67. The van der Waals surface area contributed by atoms with E-state index < -0.39 is 0 Å². The van der Waals surface area contributed by atoms with Crippen LogP contribution in [0.25, 0.3) is 16.8 Å². The monoisotopic (exact) mass is 439 g/mol. The fraction of sp³-hybridized carbons (Fsp3) is 0.296. The second kappa shape index (κ2) is 9.06. The molecule has 1 amide bonds. The Morgan fingerprint density at radius 1 is 1.12 bits per heavy atom. The van der Waals surface area contributed by atoms with Crippen molar-refractivity contribution >= 4 is 17.2 Å². The maximum atomic E-state index is 12.9. The van der Waals surface area contributed by atoms with E-state index in [-0.39, 0.29) is 11.8 Å². The van der Waals surface area contributed by atoms with Crippen LogP contribution in [0.2, 0.25) is 0 Å². The number of benzene rings is 2. The van der Waals surface area contributed by atoms with Crippen LogP contribution >= 0.6 is 0 Å². The third kappa shape index (κ3) is 4.46. The third-order valence-electron chi connectivity index (χ3n) is 6.43. The molecule has 168 valence electrons. The van der Waals surface area contributed by atoms with Crippen LogP contribution in [0.1, 0.15) is 29.5 Å². The molecule has 0 aliphatic carbocycles. The van der Waals surface area contributed by atoms with Gasteiger partial charge in [0.1, 0.15) is 5.52 Å². The normalized spacial score (nSPS) is 16.2. The minimum absolute atomic E-state index is 0.0498. The number of amides is 1. The summed E-state index contributed by atoms with van der Waals surface area (Å²) in [7, 11) is 0. The highest BCUT2D eigenvalue weighted by molar-refractivity contribution is 5.81. The summed E-state index contributed by atoms with van der Waals surface area (Å²) in [6.45, 7) is 6.34. The molecule has 1 fully saturated rings. The highest BCUT2D eigenvalue weighted by Gasteiger charge is 2.27. The van der Waals surface area contributed by atoms with Gasteiger partial charge in [0, 0.05) is 37.6 Å². The van der Waals surface area contributed by atoms with Crippen molar-refractivity contribution in [1.29, 1.82) is 0 Å². The van der Waals surface area contributed by atoms with Crippen LogP contribution in [0.4, 0.5) is 5.82 Å². The van der Waals surface area contributed by atoms with E-state index in [1.54, 1.807) is 6.20 Å². The van der Waals surface area contributed by atoms with Gasteiger partial charge in [0.05, 0.1) is 11.6 Å². The quantitative estimate of drug-likeness (QED) is 0.496. The number of piperidine rings is 1. The minimum Gasteiger partial charge on any atom is -0.354 e. The molecule has 2 aromatic carbocycles. The first-order valence-electron chi connectivity index (χ1n) is 11.6. The van der Waals surface area contributed by atoms with Crippen LogP contribution in [0.5, 0.6) is 0 Å². The SMILES string of the molecule is Cc1ccc(-c2cc3c(N4CCC[C@H](C(=O)NCc5ccccc5)C4)nccn3n2)c(C)c1. The zero-order chi connectivity index (χ0) is 22.8. The van der Waals surface area contributed by atoms with Crippen molar-refractivity contribution in [2.75, 3.05) is 18.0 Å². The number of rotatable bonds is 5. The van der Waals surface area contributed by atoms with Gasteiger partial charge in [-0.15, -0.1) is 0 Å². The number of carbonyl (C=O) groups is 1. The van der Waals surface area contributed by atoms with E-state index >= 15 is 0 Å². The van der Waals surface area contributed by atoms with Gasteiger partial charge in [-0.2, -0.15) is 5.10 Å². The number of nitrogens with zero attached hydrogens (tertiary/aromatic N) is 4. The Kier molecular flexibility index (Phi) is 5.82. The summed E-state index contributed by atoms with van der Waals surface area (Å²) in [5.41, 5.74) is 6.61. The number of hydrogen-bond acceptors (Lipinski definition) is 4. The number of anilines is 1. The van der Waals surface area contributed by atoms with Gasteiger partial charge in [-0.05, 0) is 43.9 Å². The first kappa shape index (κ1) is 21.2. The fourth-order valence-electron chi connectivity index (χ4n) is 4.70. The highest BCUT2D eigenvalue weighted by Crippen LogP contribution is 2.30. The molecule has 6 nitrogen and oxygen atoms in total. The summed E-state index contributed by atoms with van der Waals surface area (Å²) in [5.74, 6) is 0.952. The van der Waals surface area contributed by atoms with Crippen LogP contribution < -0.4 is 10.2 Å². The predicted molar refractivity (Wildman–Crippen MR) is 131 cm³/mol. The van der Waals surface area contributed by atoms with Crippen molar-refractivity contribution in [3.8, 4) is 11.3 Å². The van der Waals surface area contributed by atoms with Crippen molar-refractivity contribution in [3.05, 3.63) is 83.7 Å². The molecule has 4 aromatic rings. The van der Waals surface area contributed by atoms with Crippen molar-refractivity contribution in [3.63, 3.8) is 0 Å². The van der Waals surface area contributed by atoms with Crippen LogP contribution in [-0.4, -0.2) is 33.6 Å². The minimum atomic E-state index is -0.0498. The Morgan fingerprint density at radius 3 is 2.79 bits per heavy atom. The number of carbonyl (C=O) groups excluding carboxylic acids is 1. The molecule has 6 heteroatoms. The molecule has 0 spiro atoms. The van der Waals surface area contributed by atoms with Crippen molar-refractivity contribution < 1.29 is 4.79 Å². The molecular weight excluding hydrogens is 410 g/mol. The molecule has 2 aromatic heterocycles. The van der Waals surface area contributed by atoms with Crippen LogP contribution in [-0.2, 0) is 11.3 Å². The van der Waals surface area contributed by atoms with Gasteiger partial charge in [-0.1, -0.05) is 54.1 Å². The Labute approximate surface area is 194 Å². The summed E-state index contributed by atoms with van der Waals surface area (Å²) in [5, 5.41) is 7.93. The molecule has 1 atom stereocenters. The number of fused-ring (bicyclic) bond motifs is 1. The van der Waals surface area contributed by atoms with Gasteiger partial charge >= 0.3 is 0 Å². The van der Waals surface area contributed by atoms with E-state index in [1.807, 2.05) is 41.0 Å². The van der Waals surface area contributed by atoms with E-state index in [0.29, 0.717) is 13.1 Å². The lowest BCUT2D eigenvalue weighted by Crippen LogP contribution is -2.43. The second-order valence-corrected chi connectivity index (χ2v) is 8.92. The lowest BCUT2D eigenvalue weighted by molar-refractivity contribution is -0.125. The number of aromatic nitrogens is 3. The van der Waals surface area contributed by atoms with Crippen LogP contribution in [0.3, 0.4) is 0 Å². The largest absolute Gasteiger partial charge is 0.354 e. The molecule has 1 aliphatic rings. The second-order valence-electron chi connectivity index (χ2n) is 8.92. The van der Waals surface area contributed by atoms with E-state index in [0.717, 1.165) is 47.5 Å². The molecule has 33 heavy (non-hydrogen) atoms. The summed E-state index contributed by atoms with van der Waals surface area (Å²) < 4.78 is 1.90. The number of aryl methyl sites for hydroxylation is 2. The zero-order valence-electron chi connectivity index (χ0n) is 19.2. The molecule has 1 aliphatic heterocycles. The van der Waals surface area contributed by atoms with E-state index in [4.69, 9.17) is 10.1 Å². The lowest BCUT2D eigenvalue weighted by atomic mass is 9.97. The topological polar surface area (TPSA) is 62.5 Å². The average Bonchev–Trinajstić information content (AvgIpc) is 3.27. The highest BCUT2D eigenvalue weighted by atomic mass is 16.1. The van der Waals surface area contributed by atoms with Gasteiger partial charge < -0.3 is 10.2 Å².